The second-order valence-electron chi connectivity index (χ2n) is 8.55. The number of halogens is 2. The zero-order valence-corrected chi connectivity index (χ0v) is 17.2. The van der Waals surface area contributed by atoms with Crippen LogP contribution in [0.5, 0.6) is 0 Å². The van der Waals surface area contributed by atoms with Gasteiger partial charge < -0.3 is 15.7 Å². The highest BCUT2D eigenvalue weighted by atomic mass is 19.1. The summed E-state index contributed by atoms with van der Waals surface area (Å²) in [6.07, 6.45) is 8.92. The molecule has 3 aromatic rings. The van der Waals surface area contributed by atoms with Crippen LogP contribution in [0, 0.1) is 11.6 Å². The summed E-state index contributed by atoms with van der Waals surface area (Å²) < 4.78 is 29.6. The molecule has 3 N–H and O–H groups in total. The highest BCUT2D eigenvalue weighted by Gasteiger charge is 2.27. The van der Waals surface area contributed by atoms with Crippen molar-refractivity contribution in [2.45, 2.75) is 69.6 Å². The van der Waals surface area contributed by atoms with E-state index in [2.05, 4.69) is 20.6 Å². The maximum absolute atomic E-state index is 14.3. The van der Waals surface area contributed by atoms with Crippen molar-refractivity contribution >= 4 is 28.7 Å². The number of rotatable bonds is 5. The number of fused-ring (bicyclic) bond motifs is 1. The van der Waals surface area contributed by atoms with Gasteiger partial charge in [0.2, 0.25) is 11.9 Å². The van der Waals surface area contributed by atoms with Crippen LogP contribution in [0.1, 0.15) is 57.4 Å². The summed E-state index contributed by atoms with van der Waals surface area (Å²) in [5.74, 6) is -0.316. The second kappa shape index (κ2) is 8.37. The monoisotopic (exact) mass is 428 g/mol. The zero-order chi connectivity index (χ0) is 21.4. The minimum atomic E-state index is -0.688. The van der Waals surface area contributed by atoms with Gasteiger partial charge in [0.1, 0.15) is 17.2 Å². The van der Waals surface area contributed by atoms with Gasteiger partial charge in [-0.05, 0) is 50.7 Å². The number of nitrogens with one attached hydrogen (secondary N) is 2. The molecule has 2 aromatic heterocycles. The smallest absolute Gasteiger partial charge is 0.224 e. The van der Waals surface area contributed by atoms with Gasteiger partial charge in [0.15, 0.2) is 5.65 Å². The maximum Gasteiger partial charge on any atom is 0.224 e. The lowest BCUT2D eigenvalue weighted by Gasteiger charge is -2.28. The average molecular weight is 428 g/mol. The van der Waals surface area contributed by atoms with Crippen molar-refractivity contribution in [1.29, 1.82) is 0 Å². The Morgan fingerprint density at radius 1 is 1.00 bits per heavy atom. The Balaban J connectivity index is 1.53. The first-order valence-corrected chi connectivity index (χ1v) is 11.0. The fourth-order valence-corrected chi connectivity index (χ4v) is 4.67. The topological polar surface area (TPSA) is 87.9 Å². The van der Waals surface area contributed by atoms with E-state index in [0.29, 0.717) is 41.9 Å². The van der Waals surface area contributed by atoms with Crippen LogP contribution in [0.25, 0.3) is 11.2 Å². The van der Waals surface area contributed by atoms with E-state index in [1.54, 1.807) is 6.20 Å². The largest absolute Gasteiger partial charge is 0.393 e. The summed E-state index contributed by atoms with van der Waals surface area (Å²) in [5, 5.41) is 16.4. The minimum absolute atomic E-state index is 0.0636. The molecule has 2 saturated carbocycles. The summed E-state index contributed by atoms with van der Waals surface area (Å²) in [4.78, 5) is 13.8. The fraction of sp³-hybridized carbons (Fsp3) is 0.500. The number of aliphatic hydroxyl groups is 1. The van der Waals surface area contributed by atoms with Crippen LogP contribution in [-0.4, -0.2) is 36.8 Å². The second-order valence-corrected chi connectivity index (χ2v) is 8.55. The predicted molar refractivity (Wildman–Crippen MR) is 114 cm³/mol. The van der Waals surface area contributed by atoms with Gasteiger partial charge in [0.05, 0.1) is 18.0 Å². The number of benzene rings is 1. The number of hydrogen-bond acceptors (Lipinski definition) is 6. The first-order valence-electron chi connectivity index (χ1n) is 11.0. The van der Waals surface area contributed by atoms with Crippen LogP contribution in [0.3, 0.4) is 0 Å². The van der Waals surface area contributed by atoms with E-state index in [9.17, 15) is 13.9 Å². The molecule has 1 aromatic carbocycles. The molecule has 7 nitrogen and oxygen atoms in total. The Kier molecular flexibility index (Phi) is 5.43. The molecule has 0 saturated heterocycles. The summed E-state index contributed by atoms with van der Waals surface area (Å²) in [6, 6.07) is 3.85. The lowest BCUT2D eigenvalue weighted by Crippen LogP contribution is -2.22. The molecular formula is C22H26F2N6O. The third-order valence-corrected chi connectivity index (χ3v) is 6.33. The molecule has 2 aliphatic carbocycles. The van der Waals surface area contributed by atoms with Crippen molar-refractivity contribution in [2.24, 2.45) is 0 Å². The van der Waals surface area contributed by atoms with Crippen LogP contribution >= 0.6 is 0 Å². The lowest BCUT2D eigenvalue weighted by molar-refractivity contribution is 0.112. The molecule has 0 amide bonds. The molecule has 2 heterocycles. The van der Waals surface area contributed by atoms with E-state index in [1.807, 2.05) is 4.57 Å². The normalized spacial score (nSPS) is 22.2. The van der Waals surface area contributed by atoms with Gasteiger partial charge in [-0.3, -0.25) is 4.57 Å². The third kappa shape index (κ3) is 4.19. The molecule has 2 aliphatic rings. The Morgan fingerprint density at radius 2 is 1.77 bits per heavy atom. The summed E-state index contributed by atoms with van der Waals surface area (Å²) >= 11 is 0. The number of nitrogens with zero attached hydrogens (tertiary/aromatic N) is 4. The van der Waals surface area contributed by atoms with E-state index in [1.165, 1.54) is 25.0 Å². The molecule has 9 heteroatoms. The van der Waals surface area contributed by atoms with E-state index >= 15 is 0 Å². The number of aliphatic hydroxyl groups excluding tert-OH is 1. The van der Waals surface area contributed by atoms with Gasteiger partial charge in [0.25, 0.3) is 0 Å². The SMILES string of the molecule is O[C@H]1CC[C@@H](n2c(Nc3ccc(F)cc3F)nc3cnc(NC4CCCC4)nc32)CC1. The number of anilines is 3. The standard InChI is InChI=1S/C22H26F2N6O/c23-13-5-10-18(17(24)11-13)27-22-28-19-12-25-21(26-14-3-1-2-4-14)29-20(19)30(22)15-6-8-16(31)9-7-15/h5,10-12,14-16,31H,1-4,6-9H2,(H,27,28)(H,25,26,29)/t15-,16+. The van der Waals surface area contributed by atoms with Crippen LogP contribution in [0.15, 0.2) is 24.4 Å². The van der Waals surface area contributed by atoms with Crippen LogP contribution < -0.4 is 10.6 Å². The highest BCUT2D eigenvalue weighted by molar-refractivity contribution is 5.76. The van der Waals surface area contributed by atoms with Crippen molar-refractivity contribution in [3.63, 3.8) is 0 Å². The van der Waals surface area contributed by atoms with Gasteiger partial charge in [0, 0.05) is 18.2 Å². The van der Waals surface area contributed by atoms with Crippen molar-refractivity contribution in [2.75, 3.05) is 10.6 Å². The molecule has 5 rings (SSSR count). The first-order chi connectivity index (χ1) is 15.1. The van der Waals surface area contributed by atoms with E-state index < -0.39 is 11.6 Å². The summed E-state index contributed by atoms with van der Waals surface area (Å²) in [6.45, 7) is 0. The molecular weight excluding hydrogens is 402 g/mol. The predicted octanol–water partition coefficient (Wildman–Crippen LogP) is 4.68. The molecule has 31 heavy (non-hydrogen) atoms. The minimum Gasteiger partial charge on any atom is -0.393 e. The van der Waals surface area contributed by atoms with Gasteiger partial charge >= 0.3 is 0 Å². The van der Waals surface area contributed by atoms with E-state index in [-0.39, 0.29) is 17.8 Å². The maximum atomic E-state index is 14.3. The highest BCUT2D eigenvalue weighted by Crippen LogP contribution is 2.35. The Labute approximate surface area is 178 Å². The Morgan fingerprint density at radius 3 is 2.52 bits per heavy atom. The Bertz CT molecular complexity index is 1070. The van der Waals surface area contributed by atoms with Crippen molar-refractivity contribution in [3.8, 4) is 0 Å². The molecule has 0 radical (unpaired) electrons. The van der Waals surface area contributed by atoms with Crippen LogP contribution in [-0.2, 0) is 0 Å². The van der Waals surface area contributed by atoms with Gasteiger partial charge in [-0.2, -0.15) is 4.98 Å². The summed E-state index contributed by atoms with van der Waals surface area (Å²) in [5.41, 5.74) is 1.42. The molecule has 0 unspecified atom stereocenters. The Hall–Kier alpha value is -2.81. The summed E-state index contributed by atoms with van der Waals surface area (Å²) in [7, 11) is 0. The first kappa shape index (κ1) is 20.1. The van der Waals surface area contributed by atoms with Gasteiger partial charge in [-0.15, -0.1) is 0 Å². The molecule has 0 spiro atoms. The van der Waals surface area contributed by atoms with Crippen molar-refractivity contribution < 1.29 is 13.9 Å². The van der Waals surface area contributed by atoms with Crippen LogP contribution in [0.4, 0.5) is 26.4 Å². The quantitative estimate of drug-likeness (QED) is 0.547. The molecule has 0 bridgehead atoms. The van der Waals surface area contributed by atoms with Gasteiger partial charge in [-0.1, -0.05) is 12.8 Å². The lowest BCUT2D eigenvalue weighted by atomic mass is 9.93. The van der Waals surface area contributed by atoms with Crippen LogP contribution in [0.2, 0.25) is 0 Å². The third-order valence-electron chi connectivity index (χ3n) is 6.33. The van der Waals surface area contributed by atoms with Crippen molar-refractivity contribution in [1.82, 2.24) is 19.5 Å². The van der Waals surface area contributed by atoms with Gasteiger partial charge in [-0.25, -0.2) is 18.7 Å². The molecule has 0 aliphatic heterocycles. The zero-order valence-electron chi connectivity index (χ0n) is 17.2. The fourth-order valence-electron chi connectivity index (χ4n) is 4.67. The van der Waals surface area contributed by atoms with Crippen molar-refractivity contribution in [3.05, 3.63) is 36.0 Å². The van der Waals surface area contributed by atoms with E-state index in [0.717, 1.165) is 31.7 Å². The molecule has 164 valence electrons. The molecule has 0 atom stereocenters. The number of hydrogen-bond donors (Lipinski definition) is 3. The van der Waals surface area contributed by atoms with E-state index in [4.69, 9.17) is 4.98 Å². The molecule has 2 fully saturated rings. The number of imidazole rings is 1. The average Bonchev–Trinajstić information content (AvgIpc) is 3.38. The number of aromatic nitrogens is 4.